The third-order valence-electron chi connectivity index (χ3n) is 5.17. The molecular formula is C21H19F6NO4S. The highest BCUT2D eigenvalue weighted by Gasteiger charge is 2.39. The smallest absolute Gasteiger partial charge is 0.425 e. The van der Waals surface area contributed by atoms with Crippen molar-refractivity contribution in [2.24, 2.45) is 0 Å². The average molecular weight is 495 g/mol. The zero-order valence-corrected chi connectivity index (χ0v) is 18.5. The Bertz CT molecular complexity index is 1200. The summed E-state index contributed by atoms with van der Waals surface area (Å²) in [6.45, 7) is 0.666. The molecule has 2 aromatic carbocycles. The largest absolute Gasteiger partial charge is 0.480 e. The standard InChI is InChI=1S/C21H19F6NO4S/c1-11(21(25,26)27)32-18-5-4-14(33(3,30)31)8-15(18)19(29)28-9-12-6-13(20(2,23)24)7-17(22)16(12)10-28/h4-8,11H,9-10H2,1-3H3/t11-/m0/s1. The summed E-state index contributed by atoms with van der Waals surface area (Å²) in [4.78, 5) is 13.8. The van der Waals surface area contributed by atoms with Crippen LogP contribution in [0.3, 0.4) is 0 Å². The van der Waals surface area contributed by atoms with Gasteiger partial charge < -0.3 is 9.64 Å². The van der Waals surface area contributed by atoms with E-state index >= 15 is 0 Å². The molecule has 5 nitrogen and oxygen atoms in total. The van der Waals surface area contributed by atoms with E-state index in [1.165, 1.54) is 0 Å². The number of alkyl halides is 5. The minimum Gasteiger partial charge on any atom is -0.480 e. The number of nitrogens with zero attached hydrogens (tertiary/aromatic N) is 1. The third kappa shape index (κ3) is 5.26. The van der Waals surface area contributed by atoms with Crippen LogP contribution in [0.15, 0.2) is 35.2 Å². The zero-order valence-electron chi connectivity index (χ0n) is 17.6. The van der Waals surface area contributed by atoms with Crippen LogP contribution >= 0.6 is 0 Å². The monoisotopic (exact) mass is 495 g/mol. The van der Waals surface area contributed by atoms with Gasteiger partial charge >= 0.3 is 6.18 Å². The van der Waals surface area contributed by atoms with Crippen LogP contribution < -0.4 is 4.74 Å². The molecule has 0 aliphatic carbocycles. The Labute approximate surface area is 185 Å². The number of hydrogen-bond donors (Lipinski definition) is 0. The first-order chi connectivity index (χ1) is 15.0. The SMILES string of the molecule is C[C@H](Oc1ccc(S(C)(=O)=O)cc1C(=O)N1Cc2cc(C(C)(F)F)cc(F)c2C1)C(F)(F)F. The molecule has 1 heterocycles. The van der Waals surface area contributed by atoms with E-state index in [4.69, 9.17) is 4.74 Å². The summed E-state index contributed by atoms with van der Waals surface area (Å²) < 4.78 is 109. The van der Waals surface area contributed by atoms with Crippen LogP contribution in [0.2, 0.25) is 0 Å². The molecule has 0 fully saturated rings. The Morgan fingerprint density at radius 1 is 1.09 bits per heavy atom. The maximum atomic E-state index is 14.4. The van der Waals surface area contributed by atoms with Gasteiger partial charge in [0.1, 0.15) is 11.6 Å². The number of sulfone groups is 1. The molecule has 3 rings (SSSR count). The maximum Gasteiger partial charge on any atom is 0.425 e. The lowest BCUT2D eigenvalue weighted by atomic mass is 10.0. The van der Waals surface area contributed by atoms with Crippen LogP contribution in [0.4, 0.5) is 26.3 Å². The quantitative estimate of drug-likeness (QED) is 0.558. The predicted molar refractivity (Wildman–Crippen MR) is 105 cm³/mol. The van der Waals surface area contributed by atoms with Gasteiger partial charge in [0.15, 0.2) is 15.9 Å². The highest BCUT2D eigenvalue weighted by Crippen LogP contribution is 2.36. The van der Waals surface area contributed by atoms with E-state index in [0.717, 1.165) is 35.4 Å². The van der Waals surface area contributed by atoms with Crippen LogP contribution in [-0.2, 0) is 28.8 Å². The van der Waals surface area contributed by atoms with Gasteiger partial charge in [-0.3, -0.25) is 4.79 Å². The molecule has 0 saturated heterocycles. The molecule has 0 bridgehead atoms. The Kier molecular flexibility index (Phi) is 6.20. The fourth-order valence-electron chi connectivity index (χ4n) is 3.30. The van der Waals surface area contributed by atoms with Gasteiger partial charge in [0.05, 0.1) is 10.5 Å². The van der Waals surface area contributed by atoms with E-state index in [1.54, 1.807) is 0 Å². The van der Waals surface area contributed by atoms with Gasteiger partial charge in [-0.2, -0.15) is 13.2 Å². The first-order valence-corrected chi connectivity index (χ1v) is 11.4. The van der Waals surface area contributed by atoms with Crippen molar-refractivity contribution < 1.29 is 44.3 Å². The lowest BCUT2D eigenvalue weighted by Gasteiger charge is -2.22. The van der Waals surface area contributed by atoms with Crippen molar-refractivity contribution in [3.8, 4) is 5.75 Å². The fourth-order valence-corrected chi connectivity index (χ4v) is 3.95. The molecule has 1 aliphatic rings. The summed E-state index contributed by atoms with van der Waals surface area (Å²) in [6.07, 6.45) is -6.22. The first-order valence-electron chi connectivity index (χ1n) is 9.55. The van der Waals surface area contributed by atoms with E-state index in [1.807, 2.05) is 0 Å². The minimum atomic E-state index is -4.76. The number of halogens is 6. The number of fused-ring (bicyclic) bond motifs is 1. The molecule has 0 saturated carbocycles. The first kappa shape index (κ1) is 24.9. The molecule has 12 heteroatoms. The molecule has 0 N–H and O–H groups in total. The van der Waals surface area contributed by atoms with Gasteiger partial charge in [-0.1, -0.05) is 0 Å². The van der Waals surface area contributed by atoms with Gasteiger partial charge in [0.25, 0.3) is 11.8 Å². The number of hydrogen-bond acceptors (Lipinski definition) is 4. The number of ether oxygens (including phenoxy) is 1. The van der Waals surface area contributed by atoms with E-state index in [-0.39, 0.29) is 29.1 Å². The van der Waals surface area contributed by atoms with Crippen molar-refractivity contribution in [3.05, 3.63) is 58.4 Å². The van der Waals surface area contributed by atoms with E-state index in [9.17, 15) is 39.6 Å². The summed E-state index contributed by atoms with van der Waals surface area (Å²) in [7, 11) is -3.83. The third-order valence-corrected chi connectivity index (χ3v) is 6.28. The van der Waals surface area contributed by atoms with Crippen LogP contribution in [0.5, 0.6) is 5.75 Å². The summed E-state index contributed by atoms with van der Waals surface area (Å²) >= 11 is 0. The molecular weight excluding hydrogens is 476 g/mol. The Morgan fingerprint density at radius 2 is 1.73 bits per heavy atom. The molecule has 0 spiro atoms. The van der Waals surface area contributed by atoms with Gasteiger partial charge in [-0.05, 0) is 42.8 Å². The van der Waals surface area contributed by atoms with Crippen molar-refractivity contribution in [2.75, 3.05) is 6.26 Å². The molecule has 1 aliphatic heterocycles. The van der Waals surface area contributed by atoms with Gasteiger partial charge in [-0.15, -0.1) is 0 Å². The van der Waals surface area contributed by atoms with Crippen LogP contribution in [0.1, 0.15) is 40.9 Å². The Balaban J connectivity index is 2.00. The molecule has 33 heavy (non-hydrogen) atoms. The minimum absolute atomic E-state index is 0.0123. The van der Waals surface area contributed by atoms with Crippen LogP contribution in [0.25, 0.3) is 0 Å². The van der Waals surface area contributed by atoms with Crippen molar-refractivity contribution in [2.45, 2.75) is 50.0 Å². The second-order valence-electron chi connectivity index (χ2n) is 7.88. The van der Waals surface area contributed by atoms with E-state index in [2.05, 4.69) is 0 Å². The number of rotatable bonds is 5. The number of amides is 1. The number of benzene rings is 2. The van der Waals surface area contributed by atoms with Crippen LogP contribution in [-0.4, -0.2) is 37.8 Å². The number of carbonyl (C=O) groups is 1. The Morgan fingerprint density at radius 3 is 2.27 bits per heavy atom. The molecule has 180 valence electrons. The zero-order chi connectivity index (χ0) is 24.9. The van der Waals surface area contributed by atoms with Gasteiger partial charge in [0.2, 0.25) is 0 Å². The summed E-state index contributed by atoms with van der Waals surface area (Å²) in [6, 6.07) is 4.53. The van der Waals surface area contributed by atoms with E-state index < -0.39 is 56.6 Å². The molecule has 1 atom stereocenters. The van der Waals surface area contributed by atoms with E-state index in [0.29, 0.717) is 19.9 Å². The second-order valence-corrected chi connectivity index (χ2v) is 9.89. The molecule has 0 radical (unpaired) electrons. The molecule has 0 unspecified atom stereocenters. The highest BCUT2D eigenvalue weighted by atomic mass is 32.2. The summed E-state index contributed by atoms with van der Waals surface area (Å²) in [5.74, 6) is -5.74. The van der Waals surface area contributed by atoms with Crippen molar-refractivity contribution >= 4 is 15.7 Å². The van der Waals surface area contributed by atoms with Crippen molar-refractivity contribution in [3.63, 3.8) is 0 Å². The molecule has 1 amide bonds. The fraction of sp³-hybridized carbons (Fsp3) is 0.381. The number of carbonyl (C=O) groups excluding carboxylic acids is 1. The molecule has 0 aromatic heterocycles. The second kappa shape index (κ2) is 8.23. The summed E-state index contributed by atoms with van der Waals surface area (Å²) in [5, 5.41) is 0. The van der Waals surface area contributed by atoms with Gasteiger partial charge in [0, 0.05) is 37.4 Å². The lowest BCUT2D eigenvalue weighted by molar-refractivity contribution is -0.189. The van der Waals surface area contributed by atoms with Crippen molar-refractivity contribution in [1.29, 1.82) is 0 Å². The average Bonchev–Trinajstić information content (AvgIpc) is 3.10. The topological polar surface area (TPSA) is 63.7 Å². The molecule has 2 aromatic rings. The van der Waals surface area contributed by atoms with Crippen LogP contribution in [0, 0.1) is 5.82 Å². The Hall–Kier alpha value is -2.76. The normalized spacial score (nSPS) is 15.4. The highest BCUT2D eigenvalue weighted by molar-refractivity contribution is 7.90. The van der Waals surface area contributed by atoms with Crippen molar-refractivity contribution in [1.82, 2.24) is 4.90 Å². The summed E-state index contributed by atoms with van der Waals surface area (Å²) in [5.41, 5.74) is -0.967. The predicted octanol–water partition coefficient (Wildman–Crippen LogP) is 4.83. The lowest BCUT2D eigenvalue weighted by Crippen LogP contribution is -2.32. The van der Waals surface area contributed by atoms with Gasteiger partial charge in [-0.25, -0.2) is 21.6 Å². The maximum absolute atomic E-state index is 14.4.